The lowest BCUT2D eigenvalue weighted by atomic mass is 9.69. The smallest absolute Gasteiger partial charge is 0.314 e. The topological polar surface area (TPSA) is 81.7 Å². The molecule has 3 N–H and O–H groups in total. The minimum Gasteiger partial charge on any atom is -0.481 e. The molecule has 0 spiro atoms. The Kier molecular flexibility index (Phi) is 6.26. The van der Waals surface area contributed by atoms with Crippen LogP contribution in [0.3, 0.4) is 0 Å². The molecular weight excluding hydrogens is 258 g/mol. The van der Waals surface area contributed by atoms with Gasteiger partial charge in [-0.3, -0.25) is 4.79 Å². The van der Waals surface area contributed by atoms with Gasteiger partial charge in [0, 0.05) is 19.1 Å². The van der Waals surface area contributed by atoms with E-state index in [0.717, 1.165) is 19.4 Å². The second-order valence-electron chi connectivity index (χ2n) is 5.98. The Hall–Kier alpha value is -1.30. The van der Waals surface area contributed by atoms with Gasteiger partial charge < -0.3 is 20.6 Å². The van der Waals surface area contributed by atoms with Crippen LogP contribution >= 0.6 is 0 Å². The van der Waals surface area contributed by atoms with Crippen LogP contribution in [0.1, 0.15) is 39.5 Å². The van der Waals surface area contributed by atoms with Crippen LogP contribution in [-0.2, 0) is 4.79 Å². The van der Waals surface area contributed by atoms with Crippen LogP contribution in [0.25, 0.3) is 0 Å². The number of hydrogen-bond acceptors (Lipinski definition) is 3. The van der Waals surface area contributed by atoms with Gasteiger partial charge in [-0.15, -0.1) is 0 Å². The summed E-state index contributed by atoms with van der Waals surface area (Å²) in [6.07, 6.45) is 3.12. The highest BCUT2D eigenvalue weighted by Gasteiger charge is 2.44. The van der Waals surface area contributed by atoms with Crippen LogP contribution in [0.5, 0.6) is 0 Å². The number of carbonyl (C=O) groups is 2. The van der Waals surface area contributed by atoms with Gasteiger partial charge >= 0.3 is 12.0 Å². The first-order valence-electron chi connectivity index (χ1n) is 7.33. The molecule has 0 radical (unpaired) electrons. The van der Waals surface area contributed by atoms with Gasteiger partial charge in [-0.25, -0.2) is 4.79 Å². The predicted octanol–water partition coefficient (Wildman–Crippen LogP) is 1.27. The van der Waals surface area contributed by atoms with E-state index < -0.39 is 11.4 Å². The highest BCUT2D eigenvalue weighted by molar-refractivity contribution is 5.78. The summed E-state index contributed by atoms with van der Waals surface area (Å²) < 4.78 is 0. The Bertz CT molecular complexity index is 341. The maximum Gasteiger partial charge on any atom is 0.314 e. The minimum absolute atomic E-state index is 0.222. The van der Waals surface area contributed by atoms with E-state index >= 15 is 0 Å². The van der Waals surface area contributed by atoms with Crippen LogP contribution in [0.2, 0.25) is 0 Å². The summed E-state index contributed by atoms with van der Waals surface area (Å²) in [5.41, 5.74) is -0.727. The number of rotatable bonds is 8. The summed E-state index contributed by atoms with van der Waals surface area (Å²) in [7, 11) is 2.05. The van der Waals surface area contributed by atoms with E-state index in [1.54, 1.807) is 0 Å². The fourth-order valence-electron chi connectivity index (χ4n) is 2.17. The highest BCUT2D eigenvalue weighted by atomic mass is 16.4. The van der Waals surface area contributed by atoms with Crippen LogP contribution in [-0.4, -0.2) is 54.7 Å². The van der Waals surface area contributed by atoms with Crippen molar-refractivity contribution in [2.75, 3.05) is 26.7 Å². The van der Waals surface area contributed by atoms with Gasteiger partial charge in [0.15, 0.2) is 0 Å². The van der Waals surface area contributed by atoms with Crippen molar-refractivity contribution >= 4 is 12.0 Å². The molecule has 1 rings (SSSR count). The molecule has 1 fully saturated rings. The molecule has 116 valence electrons. The van der Waals surface area contributed by atoms with Crippen molar-refractivity contribution in [3.05, 3.63) is 0 Å². The van der Waals surface area contributed by atoms with Crippen molar-refractivity contribution < 1.29 is 14.7 Å². The number of amides is 2. The van der Waals surface area contributed by atoms with Gasteiger partial charge in [-0.2, -0.15) is 0 Å². The van der Waals surface area contributed by atoms with E-state index in [-0.39, 0.29) is 12.6 Å². The number of carbonyl (C=O) groups excluding carboxylic acids is 1. The van der Waals surface area contributed by atoms with E-state index in [2.05, 4.69) is 36.4 Å². The van der Waals surface area contributed by atoms with Gasteiger partial charge in [-0.05, 0) is 46.7 Å². The van der Waals surface area contributed by atoms with Crippen LogP contribution in [0.4, 0.5) is 4.79 Å². The lowest BCUT2D eigenvalue weighted by Crippen LogP contribution is -2.49. The van der Waals surface area contributed by atoms with Crippen molar-refractivity contribution in [3.8, 4) is 0 Å². The molecule has 1 aliphatic rings. The van der Waals surface area contributed by atoms with E-state index in [4.69, 9.17) is 5.11 Å². The number of hydrogen-bond donors (Lipinski definition) is 3. The highest BCUT2D eigenvalue weighted by Crippen LogP contribution is 2.40. The van der Waals surface area contributed by atoms with Gasteiger partial charge in [-0.1, -0.05) is 6.42 Å². The molecule has 0 heterocycles. The second kappa shape index (κ2) is 7.47. The fraction of sp³-hybridized carbons (Fsp3) is 0.857. The zero-order valence-electron chi connectivity index (χ0n) is 12.7. The molecule has 0 aromatic heterocycles. The zero-order chi connectivity index (χ0) is 15.2. The third-order valence-electron chi connectivity index (χ3n) is 4.21. The van der Waals surface area contributed by atoms with Crippen molar-refractivity contribution in [3.63, 3.8) is 0 Å². The Labute approximate surface area is 120 Å². The number of nitrogens with zero attached hydrogens (tertiary/aromatic N) is 1. The normalized spacial score (nSPS) is 16.9. The Morgan fingerprint density at radius 1 is 1.30 bits per heavy atom. The van der Waals surface area contributed by atoms with Gasteiger partial charge in [0.25, 0.3) is 0 Å². The third-order valence-corrected chi connectivity index (χ3v) is 4.21. The van der Waals surface area contributed by atoms with E-state index in [0.29, 0.717) is 25.4 Å². The van der Waals surface area contributed by atoms with Crippen LogP contribution < -0.4 is 10.6 Å². The second-order valence-corrected chi connectivity index (χ2v) is 5.98. The number of urea groups is 1. The van der Waals surface area contributed by atoms with Crippen molar-refractivity contribution in [1.29, 1.82) is 0 Å². The first kappa shape index (κ1) is 16.8. The van der Waals surface area contributed by atoms with E-state index in [9.17, 15) is 9.59 Å². The summed E-state index contributed by atoms with van der Waals surface area (Å²) >= 11 is 0. The number of carboxylic acids is 1. The summed E-state index contributed by atoms with van der Waals surface area (Å²) in [6.45, 7) is 6.01. The van der Waals surface area contributed by atoms with Crippen molar-refractivity contribution in [2.45, 2.75) is 45.6 Å². The maximum atomic E-state index is 11.6. The quantitative estimate of drug-likeness (QED) is 0.587. The van der Waals surface area contributed by atoms with E-state index in [1.165, 1.54) is 0 Å². The standard InChI is InChI=1S/C14H27N3O3/c1-11(2)17(3)9-5-8-15-13(20)16-10-14(12(18)19)6-4-7-14/h11H,4-10H2,1-3H3,(H,18,19)(H2,15,16,20). The molecule has 1 aliphatic carbocycles. The Morgan fingerprint density at radius 2 is 1.95 bits per heavy atom. The molecule has 0 atom stereocenters. The maximum absolute atomic E-state index is 11.6. The van der Waals surface area contributed by atoms with E-state index in [1.807, 2.05) is 0 Å². The van der Waals surface area contributed by atoms with Crippen LogP contribution in [0.15, 0.2) is 0 Å². The van der Waals surface area contributed by atoms with Gasteiger partial charge in [0.1, 0.15) is 0 Å². The molecule has 6 nitrogen and oxygen atoms in total. The molecule has 20 heavy (non-hydrogen) atoms. The van der Waals surface area contributed by atoms with Crippen LogP contribution in [0, 0.1) is 5.41 Å². The fourth-order valence-corrected chi connectivity index (χ4v) is 2.17. The molecule has 6 heteroatoms. The summed E-state index contributed by atoms with van der Waals surface area (Å²) in [6, 6.07) is 0.225. The Balaban J connectivity index is 2.13. The minimum atomic E-state index is -0.803. The SMILES string of the molecule is CC(C)N(C)CCCNC(=O)NCC1(C(=O)O)CCC1. The number of carboxylic acid groups (broad SMARTS) is 1. The van der Waals surface area contributed by atoms with Crippen molar-refractivity contribution in [1.82, 2.24) is 15.5 Å². The number of aliphatic carboxylic acids is 1. The molecule has 0 aliphatic heterocycles. The number of nitrogens with one attached hydrogen (secondary N) is 2. The first-order chi connectivity index (χ1) is 9.37. The van der Waals surface area contributed by atoms with Crippen molar-refractivity contribution in [2.24, 2.45) is 5.41 Å². The van der Waals surface area contributed by atoms with Gasteiger partial charge in [0.05, 0.1) is 5.41 Å². The molecule has 0 unspecified atom stereocenters. The molecule has 0 aromatic rings. The lowest BCUT2D eigenvalue weighted by molar-refractivity contribution is -0.153. The third kappa shape index (κ3) is 4.67. The average Bonchev–Trinajstić information content (AvgIpc) is 2.32. The lowest BCUT2D eigenvalue weighted by Gasteiger charge is -2.37. The molecule has 0 saturated heterocycles. The summed E-state index contributed by atoms with van der Waals surface area (Å²) in [5, 5.41) is 14.6. The molecular formula is C14H27N3O3. The first-order valence-corrected chi connectivity index (χ1v) is 7.33. The summed E-state index contributed by atoms with van der Waals surface area (Å²) in [4.78, 5) is 25.0. The molecule has 0 aromatic carbocycles. The largest absolute Gasteiger partial charge is 0.481 e. The Morgan fingerprint density at radius 3 is 2.40 bits per heavy atom. The average molecular weight is 285 g/mol. The van der Waals surface area contributed by atoms with Gasteiger partial charge in [0.2, 0.25) is 0 Å². The summed E-state index contributed by atoms with van der Waals surface area (Å²) in [5.74, 6) is -0.803. The molecule has 0 bridgehead atoms. The molecule has 1 saturated carbocycles. The predicted molar refractivity (Wildman–Crippen MR) is 77.7 cm³/mol. The monoisotopic (exact) mass is 285 g/mol. The zero-order valence-corrected chi connectivity index (χ0v) is 12.7. The molecule has 2 amide bonds.